The molecule has 1 aliphatic rings. The van der Waals surface area contributed by atoms with Crippen LogP contribution in [0.15, 0.2) is 42.7 Å². The second-order valence-corrected chi connectivity index (χ2v) is 6.98. The van der Waals surface area contributed by atoms with E-state index in [-0.39, 0.29) is 18.0 Å². The lowest BCUT2D eigenvalue weighted by Crippen LogP contribution is -2.51. The Bertz CT molecular complexity index is 682. The third kappa shape index (κ3) is 4.69. The van der Waals surface area contributed by atoms with E-state index in [4.69, 9.17) is 0 Å². The van der Waals surface area contributed by atoms with Gasteiger partial charge in [0.25, 0.3) is 0 Å². The zero-order chi connectivity index (χ0) is 17.6. The van der Waals surface area contributed by atoms with Crippen molar-refractivity contribution in [3.8, 4) is 0 Å². The van der Waals surface area contributed by atoms with Crippen LogP contribution in [0.1, 0.15) is 49.8 Å². The van der Waals surface area contributed by atoms with E-state index in [1.807, 2.05) is 19.4 Å². The number of carbonyl (C=O) groups is 1. The molecule has 1 aliphatic heterocycles. The Hall–Kier alpha value is -2.14. The van der Waals surface area contributed by atoms with Crippen molar-refractivity contribution in [3.05, 3.63) is 53.9 Å². The van der Waals surface area contributed by atoms with Crippen LogP contribution in [0.5, 0.6) is 0 Å². The fraction of sp³-hybridized carbons (Fsp3) is 0.500. The van der Waals surface area contributed by atoms with Crippen LogP contribution < -0.4 is 10.6 Å². The average Bonchev–Trinajstić information content (AvgIpc) is 3.04. The molecule has 0 saturated carbocycles. The molecule has 2 N–H and O–H groups in total. The van der Waals surface area contributed by atoms with E-state index < -0.39 is 0 Å². The van der Waals surface area contributed by atoms with Crippen molar-refractivity contribution in [3.63, 3.8) is 0 Å². The van der Waals surface area contributed by atoms with E-state index in [9.17, 15) is 4.79 Å². The Morgan fingerprint density at radius 1 is 1.36 bits per heavy atom. The standard InChI is InChI=1S/C20H28N4O/c1-3-7-17(12-15-8-5-4-6-9-15)22-18-10-11-19(25)23-20(18)16-13-21-24(2)14-16/h4-6,8-9,13-14,17-18,20,22H,3,7,10-12H2,1-2H3,(H,23,25)/t17?,18-,20+/m1/s1. The maximum Gasteiger partial charge on any atom is 0.220 e. The highest BCUT2D eigenvalue weighted by molar-refractivity contribution is 5.77. The fourth-order valence-electron chi connectivity index (χ4n) is 3.69. The first-order valence-electron chi connectivity index (χ1n) is 9.23. The molecule has 0 radical (unpaired) electrons. The van der Waals surface area contributed by atoms with Gasteiger partial charge in [-0.3, -0.25) is 9.48 Å². The number of nitrogens with one attached hydrogen (secondary N) is 2. The fourth-order valence-corrected chi connectivity index (χ4v) is 3.69. The molecule has 3 atom stereocenters. The lowest BCUT2D eigenvalue weighted by atomic mass is 9.91. The monoisotopic (exact) mass is 340 g/mol. The highest BCUT2D eigenvalue weighted by Gasteiger charge is 2.31. The molecule has 5 heteroatoms. The van der Waals surface area contributed by atoms with Crippen LogP contribution in [-0.4, -0.2) is 27.8 Å². The largest absolute Gasteiger partial charge is 0.348 e. The Labute approximate surface area is 149 Å². The van der Waals surface area contributed by atoms with E-state index in [2.05, 4.69) is 53.0 Å². The summed E-state index contributed by atoms with van der Waals surface area (Å²) < 4.78 is 1.79. The second-order valence-electron chi connectivity index (χ2n) is 6.98. The molecule has 5 nitrogen and oxygen atoms in total. The number of benzene rings is 1. The van der Waals surface area contributed by atoms with Crippen LogP contribution in [0, 0.1) is 0 Å². The maximum atomic E-state index is 11.9. The number of hydrogen-bond donors (Lipinski definition) is 2. The Morgan fingerprint density at radius 2 is 2.16 bits per heavy atom. The van der Waals surface area contributed by atoms with Crippen LogP contribution >= 0.6 is 0 Å². The molecule has 134 valence electrons. The predicted octanol–water partition coefficient (Wildman–Crippen LogP) is 2.74. The summed E-state index contributed by atoms with van der Waals surface area (Å²) in [6.45, 7) is 2.22. The van der Waals surface area contributed by atoms with Gasteiger partial charge < -0.3 is 10.6 Å². The van der Waals surface area contributed by atoms with E-state index in [1.165, 1.54) is 5.56 Å². The number of carbonyl (C=O) groups excluding carboxylic acids is 1. The van der Waals surface area contributed by atoms with Crippen LogP contribution in [0.3, 0.4) is 0 Å². The molecular weight excluding hydrogens is 312 g/mol. The zero-order valence-electron chi connectivity index (χ0n) is 15.1. The average molecular weight is 340 g/mol. The Kier molecular flexibility index (Phi) is 5.87. The molecule has 1 saturated heterocycles. The summed E-state index contributed by atoms with van der Waals surface area (Å²) in [5.74, 6) is 0.127. The second kappa shape index (κ2) is 8.30. The Morgan fingerprint density at radius 3 is 2.84 bits per heavy atom. The number of aryl methyl sites for hydroxylation is 1. The minimum Gasteiger partial charge on any atom is -0.348 e. The molecule has 1 aromatic carbocycles. The molecule has 1 unspecified atom stereocenters. The SMILES string of the molecule is CCCC(Cc1ccccc1)N[C@@H]1CCC(=O)N[C@H]1c1cnn(C)c1. The van der Waals surface area contributed by atoms with Gasteiger partial charge in [0.1, 0.15) is 0 Å². The zero-order valence-corrected chi connectivity index (χ0v) is 15.1. The van der Waals surface area contributed by atoms with Crippen molar-refractivity contribution in [1.82, 2.24) is 20.4 Å². The van der Waals surface area contributed by atoms with E-state index in [0.717, 1.165) is 31.2 Å². The first-order valence-corrected chi connectivity index (χ1v) is 9.23. The first-order chi connectivity index (χ1) is 12.2. The molecule has 2 aromatic rings. The molecule has 0 aliphatic carbocycles. The van der Waals surface area contributed by atoms with Gasteiger partial charge in [0.05, 0.1) is 12.2 Å². The summed E-state index contributed by atoms with van der Waals surface area (Å²) in [4.78, 5) is 11.9. The van der Waals surface area contributed by atoms with Crippen molar-refractivity contribution in [1.29, 1.82) is 0 Å². The smallest absolute Gasteiger partial charge is 0.220 e. The highest BCUT2D eigenvalue weighted by atomic mass is 16.1. The van der Waals surface area contributed by atoms with Crippen LogP contribution in [-0.2, 0) is 18.3 Å². The van der Waals surface area contributed by atoms with E-state index >= 15 is 0 Å². The van der Waals surface area contributed by atoms with Gasteiger partial charge in [0.2, 0.25) is 5.91 Å². The van der Waals surface area contributed by atoms with E-state index in [1.54, 1.807) is 4.68 Å². The number of rotatable bonds is 7. The number of hydrogen-bond acceptors (Lipinski definition) is 3. The van der Waals surface area contributed by atoms with Crippen LogP contribution in [0.2, 0.25) is 0 Å². The van der Waals surface area contributed by atoms with Crippen molar-refractivity contribution in [2.24, 2.45) is 7.05 Å². The van der Waals surface area contributed by atoms with Gasteiger partial charge in [0, 0.05) is 37.3 Å². The van der Waals surface area contributed by atoms with Gasteiger partial charge in [-0.05, 0) is 24.8 Å². The van der Waals surface area contributed by atoms with Gasteiger partial charge in [-0.25, -0.2) is 0 Å². The number of nitrogens with zero attached hydrogens (tertiary/aromatic N) is 2. The third-order valence-corrected chi connectivity index (χ3v) is 4.90. The molecule has 1 amide bonds. The summed E-state index contributed by atoms with van der Waals surface area (Å²) in [6, 6.07) is 11.3. The third-order valence-electron chi connectivity index (χ3n) is 4.90. The van der Waals surface area contributed by atoms with Crippen LogP contribution in [0.4, 0.5) is 0 Å². The van der Waals surface area contributed by atoms with Gasteiger partial charge in [-0.2, -0.15) is 5.10 Å². The quantitative estimate of drug-likeness (QED) is 0.815. The predicted molar refractivity (Wildman–Crippen MR) is 99.1 cm³/mol. The van der Waals surface area contributed by atoms with Crippen LogP contribution in [0.25, 0.3) is 0 Å². The molecule has 25 heavy (non-hydrogen) atoms. The molecule has 0 spiro atoms. The minimum atomic E-state index is -0.00919. The van der Waals surface area contributed by atoms with Gasteiger partial charge >= 0.3 is 0 Å². The lowest BCUT2D eigenvalue weighted by Gasteiger charge is -2.35. The highest BCUT2D eigenvalue weighted by Crippen LogP contribution is 2.25. The minimum absolute atomic E-state index is 0.00919. The summed E-state index contributed by atoms with van der Waals surface area (Å²) in [6.07, 6.45) is 8.58. The van der Waals surface area contributed by atoms with Gasteiger partial charge in [-0.1, -0.05) is 43.7 Å². The molecule has 1 fully saturated rings. The number of amides is 1. The summed E-state index contributed by atoms with van der Waals surface area (Å²) >= 11 is 0. The maximum absolute atomic E-state index is 11.9. The topological polar surface area (TPSA) is 59.0 Å². The molecule has 1 aromatic heterocycles. The van der Waals surface area contributed by atoms with Crippen molar-refractivity contribution >= 4 is 5.91 Å². The number of aromatic nitrogens is 2. The number of piperidine rings is 1. The van der Waals surface area contributed by atoms with Crippen molar-refractivity contribution in [2.45, 2.75) is 57.2 Å². The van der Waals surface area contributed by atoms with Gasteiger partial charge in [0.15, 0.2) is 0 Å². The molecule has 3 rings (SSSR count). The summed E-state index contributed by atoms with van der Waals surface area (Å²) in [7, 11) is 1.91. The normalized spacial score (nSPS) is 21.8. The Balaban J connectivity index is 1.73. The van der Waals surface area contributed by atoms with E-state index in [0.29, 0.717) is 12.5 Å². The molecule has 0 bridgehead atoms. The summed E-state index contributed by atoms with van der Waals surface area (Å²) in [5, 5.41) is 11.3. The summed E-state index contributed by atoms with van der Waals surface area (Å²) in [5.41, 5.74) is 2.43. The molecule has 2 heterocycles. The lowest BCUT2D eigenvalue weighted by molar-refractivity contribution is -0.124. The first kappa shape index (κ1) is 17.7. The van der Waals surface area contributed by atoms with Crippen molar-refractivity contribution < 1.29 is 4.79 Å². The molecular formula is C20H28N4O. The van der Waals surface area contributed by atoms with Gasteiger partial charge in [-0.15, -0.1) is 0 Å². The van der Waals surface area contributed by atoms with Crippen molar-refractivity contribution in [2.75, 3.05) is 0 Å².